The first-order valence-corrected chi connectivity index (χ1v) is 7.94. The molecule has 7 heteroatoms. The molecule has 0 spiro atoms. The molecule has 0 radical (unpaired) electrons. The highest BCUT2D eigenvalue weighted by Gasteiger charge is 2.16. The molecule has 0 fully saturated rings. The van der Waals surface area contributed by atoms with Crippen molar-refractivity contribution >= 4 is 34.2 Å². The zero-order valence-electron chi connectivity index (χ0n) is 13.5. The lowest BCUT2D eigenvalue weighted by atomic mass is 10.2. The highest BCUT2D eigenvalue weighted by atomic mass is 32.1. The van der Waals surface area contributed by atoms with Crippen molar-refractivity contribution in [3.63, 3.8) is 0 Å². The third-order valence-corrected chi connectivity index (χ3v) is 3.51. The molecule has 0 aliphatic heterocycles. The number of carbonyl (C=O) groups is 2. The van der Waals surface area contributed by atoms with E-state index in [1.165, 1.54) is 11.3 Å². The molecule has 0 unspecified atom stereocenters. The average Bonchev–Trinajstić information content (AvgIpc) is 2.82. The molecule has 6 nitrogen and oxygen atoms in total. The number of thiazole rings is 1. The lowest BCUT2D eigenvalue weighted by molar-refractivity contribution is 0.0636. The van der Waals surface area contributed by atoms with E-state index in [1.54, 1.807) is 45.0 Å². The van der Waals surface area contributed by atoms with Crippen molar-refractivity contribution in [1.29, 1.82) is 0 Å². The first-order valence-electron chi connectivity index (χ1n) is 7.06. The number of nitrogens with zero attached hydrogens (tertiary/aromatic N) is 1. The van der Waals surface area contributed by atoms with E-state index in [9.17, 15) is 9.59 Å². The SMILES string of the molecule is Cc1csc(NC(=O)c2ccc(NC(=O)OC(C)(C)C)cc2)n1. The molecular weight excluding hydrogens is 314 g/mol. The summed E-state index contributed by atoms with van der Waals surface area (Å²) >= 11 is 1.37. The summed E-state index contributed by atoms with van der Waals surface area (Å²) in [5.74, 6) is -0.247. The van der Waals surface area contributed by atoms with Crippen LogP contribution in [0.5, 0.6) is 0 Å². The number of hydrogen-bond donors (Lipinski definition) is 2. The standard InChI is InChI=1S/C16H19N3O3S/c1-10-9-23-14(17-10)19-13(20)11-5-7-12(8-6-11)18-15(21)22-16(2,3)4/h5-9H,1-4H3,(H,18,21)(H,17,19,20). The maximum atomic E-state index is 12.1. The number of hydrogen-bond acceptors (Lipinski definition) is 5. The third kappa shape index (κ3) is 5.37. The molecule has 2 rings (SSSR count). The van der Waals surface area contributed by atoms with Gasteiger partial charge in [0.05, 0.1) is 5.69 Å². The Morgan fingerprint density at radius 2 is 1.78 bits per heavy atom. The fourth-order valence-electron chi connectivity index (χ4n) is 1.71. The van der Waals surface area contributed by atoms with E-state index >= 15 is 0 Å². The number of carbonyl (C=O) groups excluding carboxylic acids is 2. The van der Waals surface area contributed by atoms with Crippen LogP contribution in [0.1, 0.15) is 36.8 Å². The molecule has 1 heterocycles. The van der Waals surface area contributed by atoms with Crippen LogP contribution in [0.25, 0.3) is 0 Å². The molecule has 0 aliphatic rings. The van der Waals surface area contributed by atoms with Gasteiger partial charge in [0.15, 0.2) is 5.13 Å². The minimum atomic E-state index is -0.560. The fraction of sp³-hybridized carbons (Fsp3) is 0.312. The van der Waals surface area contributed by atoms with Gasteiger partial charge in [-0.3, -0.25) is 15.4 Å². The first kappa shape index (κ1) is 17.0. The number of anilines is 2. The number of aryl methyl sites for hydroxylation is 1. The first-order chi connectivity index (χ1) is 10.7. The van der Waals surface area contributed by atoms with Crippen molar-refractivity contribution in [1.82, 2.24) is 4.98 Å². The maximum Gasteiger partial charge on any atom is 0.412 e. The molecule has 0 bridgehead atoms. The summed E-state index contributed by atoms with van der Waals surface area (Å²) in [6.07, 6.45) is -0.534. The van der Waals surface area contributed by atoms with Crippen LogP contribution in [-0.2, 0) is 4.74 Å². The summed E-state index contributed by atoms with van der Waals surface area (Å²) in [4.78, 5) is 27.9. The van der Waals surface area contributed by atoms with Crippen LogP contribution in [0.3, 0.4) is 0 Å². The second-order valence-corrected chi connectivity index (χ2v) is 6.81. The van der Waals surface area contributed by atoms with Crippen LogP contribution in [0.15, 0.2) is 29.6 Å². The molecule has 0 saturated heterocycles. The summed E-state index contributed by atoms with van der Waals surface area (Å²) in [5.41, 5.74) is 1.34. The number of aromatic nitrogens is 1. The number of benzene rings is 1. The van der Waals surface area contributed by atoms with E-state index in [-0.39, 0.29) is 5.91 Å². The lowest BCUT2D eigenvalue weighted by Gasteiger charge is -2.19. The molecule has 0 aliphatic carbocycles. The molecular formula is C16H19N3O3S. The van der Waals surface area contributed by atoms with Crippen molar-refractivity contribution in [2.45, 2.75) is 33.3 Å². The van der Waals surface area contributed by atoms with Crippen LogP contribution in [0.2, 0.25) is 0 Å². The Hall–Kier alpha value is -2.41. The summed E-state index contributed by atoms with van der Waals surface area (Å²) < 4.78 is 5.16. The van der Waals surface area contributed by atoms with Crippen LogP contribution in [0.4, 0.5) is 15.6 Å². The van der Waals surface area contributed by atoms with Crippen LogP contribution >= 0.6 is 11.3 Å². The summed E-state index contributed by atoms with van der Waals surface area (Å²) in [6, 6.07) is 6.54. The largest absolute Gasteiger partial charge is 0.444 e. The second-order valence-electron chi connectivity index (χ2n) is 5.95. The molecule has 0 saturated carbocycles. The van der Waals surface area contributed by atoms with Gasteiger partial charge in [-0.1, -0.05) is 0 Å². The van der Waals surface area contributed by atoms with E-state index in [2.05, 4.69) is 15.6 Å². The quantitative estimate of drug-likeness (QED) is 0.888. The second kappa shape index (κ2) is 6.78. The van der Waals surface area contributed by atoms with Crippen LogP contribution < -0.4 is 10.6 Å². The van der Waals surface area contributed by atoms with E-state index in [1.807, 2.05) is 12.3 Å². The highest BCUT2D eigenvalue weighted by molar-refractivity contribution is 7.13. The zero-order valence-corrected chi connectivity index (χ0v) is 14.3. The summed E-state index contributed by atoms with van der Waals surface area (Å²) in [7, 11) is 0. The van der Waals surface area contributed by atoms with Crippen molar-refractivity contribution in [2.75, 3.05) is 10.6 Å². The van der Waals surface area contributed by atoms with Crippen molar-refractivity contribution in [2.24, 2.45) is 0 Å². The Labute approximate surface area is 138 Å². The number of ether oxygens (including phenoxy) is 1. The molecule has 1 aromatic carbocycles. The molecule has 2 aromatic rings. The summed E-state index contributed by atoms with van der Waals surface area (Å²) in [6.45, 7) is 7.24. The van der Waals surface area contributed by atoms with Gasteiger partial charge in [-0.25, -0.2) is 9.78 Å². The molecule has 2 amide bonds. The normalized spacial score (nSPS) is 11.0. The maximum absolute atomic E-state index is 12.1. The smallest absolute Gasteiger partial charge is 0.412 e. The van der Waals surface area contributed by atoms with Gasteiger partial charge in [0.1, 0.15) is 5.60 Å². The number of rotatable bonds is 3. The minimum Gasteiger partial charge on any atom is -0.444 e. The van der Waals surface area contributed by atoms with Gasteiger partial charge >= 0.3 is 6.09 Å². The third-order valence-electron chi connectivity index (χ3n) is 2.63. The fourth-order valence-corrected chi connectivity index (χ4v) is 2.39. The van der Waals surface area contributed by atoms with Gasteiger partial charge in [-0.2, -0.15) is 0 Å². The monoisotopic (exact) mass is 333 g/mol. The van der Waals surface area contributed by atoms with Crippen LogP contribution in [-0.4, -0.2) is 22.6 Å². The Balaban J connectivity index is 1.96. The average molecular weight is 333 g/mol. The molecule has 2 N–H and O–H groups in total. The summed E-state index contributed by atoms with van der Waals surface area (Å²) in [5, 5.41) is 7.76. The molecule has 0 atom stereocenters. The van der Waals surface area contributed by atoms with Crippen molar-refractivity contribution in [3.05, 3.63) is 40.9 Å². The predicted octanol–water partition coefficient (Wildman–Crippen LogP) is 4.05. The van der Waals surface area contributed by atoms with Crippen molar-refractivity contribution < 1.29 is 14.3 Å². The highest BCUT2D eigenvalue weighted by Crippen LogP contribution is 2.17. The van der Waals surface area contributed by atoms with Gasteiger partial charge in [-0.15, -0.1) is 11.3 Å². The topological polar surface area (TPSA) is 80.3 Å². The molecule has 122 valence electrons. The van der Waals surface area contributed by atoms with Gasteiger partial charge in [0.25, 0.3) is 5.91 Å². The Kier molecular flexibility index (Phi) is 5.00. The van der Waals surface area contributed by atoms with E-state index in [0.29, 0.717) is 16.4 Å². The van der Waals surface area contributed by atoms with Gasteiger partial charge in [0.2, 0.25) is 0 Å². The van der Waals surface area contributed by atoms with Crippen molar-refractivity contribution in [3.8, 4) is 0 Å². The Bertz CT molecular complexity index is 702. The molecule has 1 aromatic heterocycles. The van der Waals surface area contributed by atoms with E-state index < -0.39 is 11.7 Å². The lowest BCUT2D eigenvalue weighted by Crippen LogP contribution is -2.27. The van der Waals surface area contributed by atoms with Gasteiger partial charge in [-0.05, 0) is 52.0 Å². The Morgan fingerprint density at radius 1 is 1.13 bits per heavy atom. The number of nitrogens with one attached hydrogen (secondary N) is 2. The van der Waals surface area contributed by atoms with E-state index in [0.717, 1.165) is 5.69 Å². The van der Waals surface area contributed by atoms with Crippen LogP contribution in [0, 0.1) is 6.92 Å². The molecule has 23 heavy (non-hydrogen) atoms. The van der Waals surface area contributed by atoms with Gasteiger partial charge in [0, 0.05) is 16.6 Å². The van der Waals surface area contributed by atoms with E-state index in [4.69, 9.17) is 4.74 Å². The van der Waals surface area contributed by atoms with Gasteiger partial charge < -0.3 is 4.74 Å². The Morgan fingerprint density at radius 3 is 2.30 bits per heavy atom. The minimum absolute atomic E-state index is 0.247. The number of amides is 2. The zero-order chi connectivity index (χ0) is 17.0. The predicted molar refractivity (Wildman–Crippen MR) is 91.1 cm³/mol.